The zero-order valence-electron chi connectivity index (χ0n) is 13.8. The summed E-state index contributed by atoms with van der Waals surface area (Å²) in [7, 11) is -6.80. The van der Waals surface area contributed by atoms with E-state index in [2.05, 4.69) is 4.72 Å². The van der Waals surface area contributed by atoms with E-state index in [4.69, 9.17) is 0 Å². The maximum atomic E-state index is 12.3. The van der Waals surface area contributed by atoms with Crippen molar-refractivity contribution in [3.8, 4) is 0 Å². The summed E-state index contributed by atoms with van der Waals surface area (Å²) in [5.74, 6) is -0.111. The molecule has 2 aromatic carbocycles. The van der Waals surface area contributed by atoms with Crippen molar-refractivity contribution >= 4 is 25.7 Å². The minimum Gasteiger partial charge on any atom is -0.283 e. The molecular weight excluding hydrogens is 360 g/mol. The lowest BCUT2D eigenvalue weighted by Crippen LogP contribution is -2.35. The van der Waals surface area contributed by atoms with E-state index in [0.29, 0.717) is 24.2 Å². The molecule has 1 aliphatic rings. The third kappa shape index (κ3) is 4.59. The highest BCUT2D eigenvalue weighted by Crippen LogP contribution is 2.25. The van der Waals surface area contributed by atoms with Crippen molar-refractivity contribution < 1.29 is 16.8 Å². The number of hydrogen-bond donors (Lipinski definition) is 1. The van der Waals surface area contributed by atoms with Gasteiger partial charge >= 0.3 is 0 Å². The van der Waals surface area contributed by atoms with Crippen LogP contribution in [0.15, 0.2) is 48.5 Å². The zero-order valence-corrected chi connectivity index (χ0v) is 15.5. The second kappa shape index (κ2) is 6.78. The molecule has 0 saturated carbocycles. The summed E-state index contributed by atoms with van der Waals surface area (Å²) in [5.41, 5.74) is 3.03. The summed E-state index contributed by atoms with van der Waals surface area (Å²) in [6.45, 7) is 0.716. The quantitative estimate of drug-likeness (QED) is 0.859. The lowest BCUT2D eigenvalue weighted by atomic mass is 10.0. The Morgan fingerprint density at radius 3 is 2.40 bits per heavy atom. The number of sulfonamides is 2. The fraction of sp³-hybridized carbons (Fsp3) is 0.294. The molecule has 0 atom stereocenters. The Bertz CT molecular complexity index is 971. The maximum Gasteiger partial charge on any atom is 0.236 e. The van der Waals surface area contributed by atoms with Crippen LogP contribution in [0.3, 0.4) is 0 Å². The van der Waals surface area contributed by atoms with Gasteiger partial charge in [-0.05, 0) is 35.2 Å². The van der Waals surface area contributed by atoms with Gasteiger partial charge in [-0.3, -0.25) is 4.72 Å². The van der Waals surface area contributed by atoms with Gasteiger partial charge in [0.2, 0.25) is 20.0 Å². The molecular formula is C17H20N2O4S2. The smallest absolute Gasteiger partial charge is 0.236 e. The molecule has 0 bridgehead atoms. The van der Waals surface area contributed by atoms with Crippen LogP contribution in [0, 0.1) is 0 Å². The van der Waals surface area contributed by atoms with Gasteiger partial charge in [0.05, 0.1) is 12.0 Å². The third-order valence-electron chi connectivity index (χ3n) is 4.13. The van der Waals surface area contributed by atoms with E-state index in [1.165, 1.54) is 10.6 Å². The third-order valence-corrected chi connectivity index (χ3v) is 6.64. The van der Waals surface area contributed by atoms with Crippen molar-refractivity contribution in [2.75, 3.05) is 17.5 Å². The van der Waals surface area contributed by atoms with Gasteiger partial charge in [0.15, 0.2) is 0 Å². The predicted octanol–water partition coefficient (Wildman–Crippen LogP) is 1.95. The van der Waals surface area contributed by atoms with Crippen molar-refractivity contribution in [3.63, 3.8) is 0 Å². The number of nitrogens with zero attached hydrogens (tertiary/aromatic N) is 1. The molecule has 0 saturated heterocycles. The van der Waals surface area contributed by atoms with Gasteiger partial charge in [-0.2, -0.15) is 4.31 Å². The molecule has 3 rings (SSSR count). The van der Waals surface area contributed by atoms with Crippen LogP contribution in [0.25, 0.3) is 0 Å². The second-order valence-corrected chi connectivity index (χ2v) is 9.88. The minimum absolute atomic E-state index is 0.111. The average Bonchev–Trinajstić information content (AvgIpc) is 2.53. The molecule has 6 nitrogen and oxygen atoms in total. The Kier molecular flexibility index (Phi) is 4.86. The van der Waals surface area contributed by atoms with E-state index in [1.807, 2.05) is 12.1 Å². The van der Waals surface area contributed by atoms with Gasteiger partial charge in [-0.25, -0.2) is 16.8 Å². The molecule has 2 aromatic rings. The van der Waals surface area contributed by atoms with Crippen molar-refractivity contribution in [1.82, 2.24) is 4.31 Å². The molecule has 25 heavy (non-hydrogen) atoms. The average molecular weight is 380 g/mol. The monoisotopic (exact) mass is 380 g/mol. The van der Waals surface area contributed by atoms with E-state index < -0.39 is 20.0 Å². The van der Waals surface area contributed by atoms with Crippen LogP contribution < -0.4 is 4.72 Å². The standard InChI is InChI=1S/C17H20N2O4S2/c1-24(20,21)19-10-9-15-7-8-17(11-16(15)12-19)18-25(22,23)13-14-5-3-2-4-6-14/h2-8,11,18H,9-10,12-13H2,1H3. The molecule has 1 aliphatic heterocycles. The van der Waals surface area contributed by atoms with E-state index in [9.17, 15) is 16.8 Å². The van der Waals surface area contributed by atoms with Crippen LogP contribution in [0.2, 0.25) is 0 Å². The van der Waals surface area contributed by atoms with Crippen molar-refractivity contribution in [2.24, 2.45) is 0 Å². The fourth-order valence-electron chi connectivity index (χ4n) is 2.89. The Balaban J connectivity index is 1.78. The van der Waals surface area contributed by atoms with Crippen LogP contribution in [-0.2, 0) is 38.8 Å². The number of anilines is 1. The molecule has 1 N–H and O–H groups in total. The Labute approximate surface area is 148 Å². The van der Waals surface area contributed by atoms with Gasteiger partial charge in [0.25, 0.3) is 0 Å². The van der Waals surface area contributed by atoms with Crippen LogP contribution >= 0.6 is 0 Å². The van der Waals surface area contributed by atoms with Gasteiger partial charge in [0.1, 0.15) is 0 Å². The topological polar surface area (TPSA) is 83.6 Å². The normalized spacial score (nSPS) is 15.6. The van der Waals surface area contributed by atoms with E-state index >= 15 is 0 Å². The molecule has 1 heterocycles. The SMILES string of the molecule is CS(=O)(=O)N1CCc2ccc(NS(=O)(=O)Cc3ccccc3)cc2C1. The van der Waals surface area contributed by atoms with Crippen LogP contribution in [0.1, 0.15) is 16.7 Å². The van der Waals surface area contributed by atoms with Crippen LogP contribution in [-0.4, -0.2) is 33.9 Å². The maximum absolute atomic E-state index is 12.3. The van der Waals surface area contributed by atoms with E-state index in [1.54, 1.807) is 36.4 Å². The van der Waals surface area contributed by atoms with Gasteiger partial charge < -0.3 is 0 Å². The minimum atomic E-state index is -3.54. The Morgan fingerprint density at radius 2 is 1.72 bits per heavy atom. The van der Waals surface area contributed by atoms with E-state index in [-0.39, 0.29) is 12.3 Å². The Hall–Kier alpha value is -1.90. The van der Waals surface area contributed by atoms with E-state index in [0.717, 1.165) is 11.1 Å². The number of hydrogen-bond acceptors (Lipinski definition) is 4. The molecule has 0 aliphatic carbocycles. The largest absolute Gasteiger partial charge is 0.283 e. The van der Waals surface area contributed by atoms with Crippen molar-refractivity contribution in [1.29, 1.82) is 0 Å². The van der Waals surface area contributed by atoms with Crippen LogP contribution in [0.5, 0.6) is 0 Å². The number of fused-ring (bicyclic) bond motifs is 1. The molecule has 0 spiro atoms. The number of benzene rings is 2. The van der Waals surface area contributed by atoms with Crippen molar-refractivity contribution in [2.45, 2.75) is 18.7 Å². The van der Waals surface area contributed by atoms with Gasteiger partial charge in [-0.1, -0.05) is 36.4 Å². The number of nitrogens with one attached hydrogen (secondary N) is 1. The lowest BCUT2D eigenvalue weighted by molar-refractivity contribution is 0.395. The predicted molar refractivity (Wildman–Crippen MR) is 98.1 cm³/mol. The summed E-state index contributed by atoms with van der Waals surface area (Å²) in [6.07, 6.45) is 1.81. The highest BCUT2D eigenvalue weighted by molar-refractivity contribution is 7.91. The molecule has 0 aromatic heterocycles. The molecule has 0 fully saturated rings. The summed E-state index contributed by atoms with van der Waals surface area (Å²) < 4.78 is 52.1. The highest BCUT2D eigenvalue weighted by Gasteiger charge is 2.23. The highest BCUT2D eigenvalue weighted by atomic mass is 32.2. The summed E-state index contributed by atoms with van der Waals surface area (Å²) in [4.78, 5) is 0. The first-order valence-electron chi connectivity index (χ1n) is 7.84. The Morgan fingerprint density at radius 1 is 1.00 bits per heavy atom. The summed E-state index contributed by atoms with van der Waals surface area (Å²) >= 11 is 0. The first kappa shape index (κ1) is 17.9. The lowest BCUT2D eigenvalue weighted by Gasteiger charge is -2.27. The summed E-state index contributed by atoms with van der Waals surface area (Å²) in [6, 6.07) is 14.2. The first-order valence-corrected chi connectivity index (χ1v) is 11.3. The molecule has 8 heteroatoms. The second-order valence-electron chi connectivity index (χ2n) is 6.18. The van der Waals surface area contributed by atoms with Crippen molar-refractivity contribution in [3.05, 3.63) is 65.2 Å². The molecule has 0 amide bonds. The van der Waals surface area contributed by atoms with Gasteiger partial charge in [-0.15, -0.1) is 0 Å². The zero-order chi connectivity index (χ0) is 18.1. The fourth-order valence-corrected chi connectivity index (χ4v) is 4.87. The molecule has 0 unspecified atom stereocenters. The number of rotatable bonds is 5. The first-order chi connectivity index (χ1) is 11.7. The summed E-state index contributed by atoms with van der Waals surface area (Å²) in [5, 5.41) is 0. The van der Waals surface area contributed by atoms with Gasteiger partial charge in [0, 0.05) is 18.8 Å². The molecule has 0 radical (unpaired) electrons. The van der Waals surface area contributed by atoms with Crippen LogP contribution in [0.4, 0.5) is 5.69 Å². The molecule has 134 valence electrons.